The number of aryl methyl sites for hydroxylation is 2. The number of carbonyl (C=O) groups excluding carboxylic acids is 2. The summed E-state index contributed by atoms with van der Waals surface area (Å²) in [6.07, 6.45) is 8.23. The lowest BCUT2D eigenvalue weighted by molar-refractivity contribution is -0.131. The van der Waals surface area contributed by atoms with Gasteiger partial charge in [-0.15, -0.1) is 0 Å². The number of hydrogen-bond acceptors (Lipinski definition) is 4. The summed E-state index contributed by atoms with van der Waals surface area (Å²) in [5.41, 5.74) is 2.67. The Balaban J connectivity index is 1.61. The molecule has 1 aromatic heterocycles. The van der Waals surface area contributed by atoms with Gasteiger partial charge >= 0.3 is 0 Å². The van der Waals surface area contributed by atoms with E-state index in [1.165, 1.54) is 32.1 Å². The summed E-state index contributed by atoms with van der Waals surface area (Å²) in [4.78, 5) is 36.1. The Morgan fingerprint density at radius 1 is 1.07 bits per heavy atom. The Bertz CT molecular complexity index is 689. The molecule has 3 rings (SSSR count). The highest BCUT2D eigenvalue weighted by Gasteiger charge is 2.31. The van der Waals surface area contributed by atoms with Crippen LogP contribution in [0.1, 0.15) is 80.6 Å². The maximum atomic E-state index is 12.7. The maximum absolute atomic E-state index is 12.7. The van der Waals surface area contributed by atoms with Gasteiger partial charge in [0.15, 0.2) is 0 Å². The van der Waals surface area contributed by atoms with Gasteiger partial charge in [-0.25, -0.2) is 9.97 Å². The molecule has 1 atom stereocenters. The molecule has 2 fully saturated rings. The number of rotatable bonds is 6. The van der Waals surface area contributed by atoms with E-state index in [4.69, 9.17) is 9.97 Å². The van der Waals surface area contributed by atoms with E-state index in [1.807, 2.05) is 25.7 Å². The van der Waals surface area contributed by atoms with Crippen molar-refractivity contribution in [3.63, 3.8) is 0 Å². The van der Waals surface area contributed by atoms with Crippen molar-refractivity contribution >= 4 is 11.8 Å². The number of likely N-dealkylation sites (N-methyl/N-ethyl adjacent to an activating group) is 1. The van der Waals surface area contributed by atoms with Crippen LogP contribution in [0.5, 0.6) is 0 Å². The van der Waals surface area contributed by atoms with E-state index in [0.717, 1.165) is 42.3 Å². The second kappa shape index (κ2) is 9.48. The standard InChI is InChI=1S/C22H34N4O2/c1-4-23-20(27)13-19-15(2)24-22(25-16(19)3)18-10-11-26(14-18)21(28)12-17-8-6-5-7-9-17/h17-18H,4-14H2,1-3H3,(H,23,27)/t18-/m0/s1. The van der Waals surface area contributed by atoms with E-state index < -0.39 is 0 Å². The Labute approximate surface area is 168 Å². The van der Waals surface area contributed by atoms with Crippen LogP contribution in [0.3, 0.4) is 0 Å². The summed E-state index contributed by atoms with van der Waals surface area (Å²) in [6, 6.07) is 0. The predicted molar refractivity (Wildman–Crippen MR) is 109 cm³/mol. The molecule has 2 heterocycles. The minimum Gasteiger partial charge on any atom is -0.356 e. The first-order chi connectivity index (χ1) is 13.5. The Kier molecular flexibility index (Phi) is 7.03. The molecule has 1 aliphatic carbocycles. The lowest BCUT2D eigenvalue weighted by Gasteiger charge is -2.24. The van der Waals surface area contributed by atoms with Gasteiger partial charge in [-0.3, -0.25) is 9.59 Å². The van der Waals surface area contributed by atoms with Crippen molar-refractivity contribution in [1.29, 1.82) is 0 Å². The number of hydrogen-bond donors (Lipinski definition) is 1. The molecule has 1 aliphatic heterocycles. The molecule has 0 spiro atoms. The molecule has 0 bridgehead atoms. The monoisotopic (exact) mass is 386 g/mol. The van der Waals surface area contributed by atoms with Crippen molar-refractivity contribution in [2.24, 2.45) is 5.92 Å². The van der Waals surface area contributed by atoms with E-state index in [2.05, 4.69) is 5.32 Å². The van der Waals surface area contributed by atoms with Crippen LogP contribution in [0.4, 0.5) is 0 Å². The molecule has 28 heavy (non-hydrogen) atoms. The minimum absolute atomic E-state index is 0.00500. The quantitative estimate of drug-likeness (QED) is 0.815. The van der Waals surface area contributed by atoms with E-state index >= 15 is 0 Å². The molecule has 1 aromatic rings. The molecule has 1 saturated carbocycles. The van der Waals surface area contributed by atoms with Crippen molar-refractivity contribution in [2.45, 2.75) is 78.1 Å². The third-order valence-corrected chi connectivity index (χ3v) is 6.24. The third kappa shape index (κ3) is 5.09. The van der Waals surface area contributed by atoms with E-state index in [0.29, 0.717) is 31.2 Å². The fourth-order valence-corrected chi connectivity index (χ4v) is 4.59. The molecule has 6 heteroatoms. The number of nitrogens with zero attached hydrogens (tertiary/aromatic N) is 3. The zero-order valence-corrected chi connectivity index (χ0v) is 17.6. The molecule has 1 N–H and O–H groups in total. The van der Waals surface area contributed by atoms with Crippen LogP contribution in [0.25, 0.3) is 0 Å². The van der Waals surface area contributed by atoms with Crippen LogP contribution in [0.2, 0.25) is 0 Å². The highest BCUT2D eigenvalue weighted by Crippen LogP contribution is 2.30. The van der Waals surface area contributed by atoms with Crippen molar-refractivity contribution < 1.29 is 9.59 Å². The summed E-state index contributed by atoms with van der Waals surface area (Å²) >= 11 is 0. The molecular weight excluding hydrogens is 352 g/mol. The van der Waals surface area contributed by atoms with Crippen LogP contribution in [0.15, 0.2) is 0 Å². The topological polar surface area (TPSA) is 75.2 Å². The van der Waals surface area contributed by atoms with Crippen molar-refractivity contribution in [3.8, 4) is 0 Å². The van der Waals surface area contributed by atoms with Crippen molar-refractivity contribution in [1.82, 2.24) is 20.2 Å². The summed E-state index contributed by atoms with van der Waals surface area (Å²) < 4.78 is 0. The summed E-state index contributed by atoms with van der Waals surface area (Å²) in [7, 11) is 0. The van der Waals surface area contributed by atoms with Crippen LogP contribution < -0.4 is 5.32 Å². The average molecular weight is 387 g/mol. The number of amides is 2. The Morgan fingerprint density at radius 3 is 2.39 bits per heavy atom. The van der Waals surface area contributed by atoms with Crippen molar-refractivity contribution in [3.05, 3.63) is 22.8 Å². The number of aromatic nitrogens is 2. The molecule has 0 aromatic carbocycles. The number of nitrogens with one attached hydrogen (secondary N) is 1. The first kappa shape index (κ1) is 20.7. The van der Waals surface area contributed by atoms with Gasteiger partial charge in [0.2, 0.25) is 11.8 Å². The predicted octanol–water partition coefficient (Wildman–Crippen LogP) is 3.06. The highest BCUT2D eigenvalue weighted by atomic mass is 16.2. The van der Waals surface area contributed by atoms with E-state index in [-0.39, 0.29) is 11.8 Å². The SMILES string of the molecule is CCNC(=O)Cc1c(C)nc([C@H]2CCN(C(=O)CC3CCCCC3)C2)nc1C. The van der Waals surface area contributed by atoms with Crippen LogP contribution in [0, 0.1) is 19.8 Å². The largest absolute Gasteiger partial charge is 0.356 e. The maximum Gasteiger partial charge on any atom is 0.224 e. The van der Waals surface area contributed by atoms with Gasteiger partial charge in [0, 0.05) is 48.9 Å². The smallest absolute Gasteiger partial charge is 0.224 e. The van der Waals surface area contributed by atoms with Crippen molar-refractivity contribution in [2.75, 3.05) is 19.6 Å². The summed E-state index contributed by atoms with van der Waals surface area (Å²) in [5, 5.41) is 2.83. The zero-order chi connectivity index (χ0) is 20.1. The zero-order valence-electron chi connectivity index (χ0n) is 17.6. The van der Waals surface area contributed by atoms with Gasteiger partial charge in [-0.05, 0) is 46.0 Å². The van der Waals surface area contributed by atoms with Gasteiger partial charge < -0.3 is 10.2 Å². The lowest BCUT2D eigenvalue weighted by Crippen LogP contribution is -2.30. The van der Waals surface area contributed by atoms with E-state index in [9.17, 15) is 9.59 Å². The Morgan fingerprint density at radius 2 is 1.75 bits per heavy atom. The molecule has 0 radical (unpaired) electrons. The second-order valence-electron chi connectivity index (χ2n) is 8.39. The molecule has 1 saturated heterocycles. The summed E-state index contributed by atoms with van der Waals surface area (Å²) in [6.45, 7) is 7.97. The fourth-order valence-electron chi connectivity index (χ4n) is 4.59. The second-order valence-corrected chi connectivity index (χ2v) is 8.39. The molecule has 154 valence electrons. The number of likely N-dealkylation sites (tertiary alicyclic amines) is 1. The van der Waals surface area contributed by atoms with Gasteiger partial charge in [0.1, 0.15) is 5.82 Å². The van der Waals surface area contributed by atoms with Gasteiger partial charge in [0.05, 0.1) is 6.42 Å². The average Bonchev–Trinajstić information content (AvgIpc) is 3.16. The molecule has 0 unspecified atom stereocenters. The third-order valence-electron chi connectivity index (χ3n) is 6.24. The highest BCUT2D eigenvalue weighted by molar-refractivity contribution is 5.79. The number of carbonyl (C=O) groups is 2. The fraction of sp³-hybridized carbons (Fsp3) is 0.727. The molecule has 6 nitrogen and oxygen atoms in total. The molecular formula is C22H34N4O2. The summed E-state index contributed by atoms with van der Waals surface area (Å²) in [5.74, 6) is 1.91. The first-order valence-electron chi connectivity index (χ1n) is 10.9. The van der Waals surface area contributed by atoms with Gasteiger partial charge in [-0.1, -0.05) is 19.3 Å². The van der Waals surface area contributed by atoms with Crippen LogP contribution >= 0.6 is 0 Å². The van der Waals surface area contributed by atoms with Crippen LogP contribution in [-0.2, 0) is 16.0 Å². The molecule has 2 aliphatic rings. The van der Waals surface area contributed by atoms with Gasteiger partial charge in [0.25, 0.3) is 0 Å². The minimum atomic E-state index is 0.00500. The lowest BCUT2D eigenvalue weighted by atomic mass is 9.87. The van der Waals surface area contributed by atoms with Gasteiger partial charge in [-0.2, -0.15) is 0 Å². The Hall–Kier alpha value is -1.98. The molecule has 2 amide bonds. The normalized spacial score (nSPS) is 20.4. The van der Waals surface area contributed by atoms with E-state index in [1.54, 1.807) is 0 Å². The van der Waals surface area contributed by atoms with Crippen LogP contribution in [-0.4, -0.2) is 46.3 Å². The first-order valence-corrected chi connectivity index (χ1v) is 10.9.